The quantitative estimate of drug-likeness (QED) is 0.209. The van der Waals surface area contributed by atoms with E-state index < -0.39 is 41.6 Å². The zero-order valence-corrected chi connectivity index (χ0v) is 17.2. The Labute approximate surface area is 169 Å². The standard InChI is InChI=1S/C13H14N6O7S3/c1-6(20)15-12-10(11(14)16-13(17-12)27-2)19-18-8-5-7(28(21,22)23)3-4-9(8)29(24,25)26/h3-5H,1-2H3,(H,21,22,23)(H,24,25,26)(H3,14,15,16,17,20). The summed E-state index contributed by atoms with van der Waals surface area (Å²) in [6, 6.07) is 2.15. The van der Waals surface area contributed by atoms with Crippen LogP contribution in [0.1, 0.15) is 6.92 Å². The molecule has 0 radical (unpaired) electrons. The third-order valence-corrected chi connectivity index (χ3v) is 5.43. The number of rotatable bonds is 6. The van der Waals surface area contributed by atoms with Crippen molar-refractivity contribution in [3.8, 4) is 0 Å². The van der Waals surface area contributed by atoms with Crippen LogP contribution in [0.3, 0.4) is 0 Å². The average molecular weight is 462 g/mol. The van der Waals surface area contributed by atoms with Crippen LogP contribution in [-0.2, 0) is 25.0 Å². The van der Waals surface area contributed by atoms with Crippen LogP contribution < -0.4 is 11.1 Å². The van der Waals surface area contributed by atoms with Crippen molar-refractivity contribution in [1.82, 2.24) is 9.97 Å². The highest BCUT2D eigenvalue weighted by molar-refractivity contribution is 7.98. The Hall–Kier alpha value is -2.66. The van der Waals surface area contributed by atoms with Gasteiger partial charge in [0, 0.05) is 6.92 Å². The highest BCUT2D eigenvalue weighted by Gasteiger charge is 2.20. The molecule has 1 heterocycles. The number of carbonyl (C=O) groups is 1. The number of anilines is 2. The van der Waals surface area contributed by atoms with Crippen LogP contribution in [0.5, 0.6) is 0 Å². The zero-order valence-electron chi connectivity index (χ0n) is 14.8. The van der Waals surface area contributed by atoms with Gasteiger partial charge in [-0.1, -0.05) is 11.8 Å². The number of nitrogen functional groups attached to an aromatic ring is 1. The third-order valence-electron chi connectivity index (χ3n) is 3.13. The number of amides is 1. The van der Waals surface area contributed by atoms with Gasteiger partial charge in [0.1, 0.15) is 10.6 Å². The number of nitrogens with zero attached hydrogens (tertiary/aromatic N) is 4. The molecule has 0 saturated heterocycles. The molecule has 13 nitrogen and oxygen atoms in total. The number of thioether (sulfide) groups is 1. The highest BCUT2D eigenvalue weighted by Crippen LogP contribution is 2.34. The van der Waals surface area contributed by atoms with Crippen LogP contribution in [0.25, 0.3) is 0 Å². The second kappa shape index (κ2) is 8.37. The molecule has 0 unspecified atom stereocenters. The predicted molar refractivity (Wildman–Crippen MR) is 103 cm³/mol. The molecule has 1 aromatic heterocycles. The summed E-state index contributed by atoms with van der Waals surface area (Å²) in [5, 5.41) is 9.87. The molecule has 1 aromatic carbocycles. The normalized spacial score (nSPS) is 12.3. The van der Waals surface area contributed by atoms with Crippen molar-refractivity contribution in [2.24, 2.45) is 10.2 Å². The second-order valence-electron chi connectivity index (χ2n) is 5.25. The van der Waals surface area contributed by atoms with E-state index >= 15 is 0 Å². The highest BCUT2D eigenvalue weighted by atomic mass is 32.2. The summed E-state index contributed by atoms with van der Waals surface area (Å²) in [5.41, 5.74) is 4.93. The summed E-state index contributed by atoms with van der Waals surface area (Å²) in [4.78, 5) is 17.9. The Bertz CT molecular complexity index is 1210. The summed E-state index contributed by atoms with van der Waals surface area (Å²) < 4.78 is 64.1. The number of nitrogens with one attached hydrogen (secondary N) is 1. The summed E-state index contributed by atoms with van der Waals surface area (Å²) in [5.74, 6) is -0.854. The monoisotopic (exact) mass is 462 g/mol. The molecule has 0 aliphatic carbocycles. The van der Waals surface area contributed by atoms with E-state index in [1.807, 2.05) is 0 Å². The summed E-state index contributed by atoms with van der Waals surface area (Å²) in [6.07, 6.45) is 1.66. The largest absolute Gasteiger partial charge is 0.382 e. The number of nitrogens with two attached hydrogens (primary N) is 1. The molecular weight excluding hydrogens is 448 g/mol. The Kier molecular flexibility index (Phi) is 6.53. The summed E-state index contributed by atoms with van der Waals surface area (Å²) >= 11 is 1.13. The van der Waals surface area contributed by atoms with Crippen LogP contribution in [0, 0.1) is 0 Å². The molecule has 16 heteroatoms. The van der Waals surface area contributed by atoms with E-state index in [1.54, 1.807) is 6.26 Å². The first-order chi connectivity index (χ1) is 13.3. The van der Waals surface area contributed by atoms with Crippen molar-refractivity contribution >= 4 is 60.9 Å². The molecule has 5 N–H and O–H groups in total. The summed E-state index contributed by atoms with van der Waals surface area (Å²) in [6.45, 7) is 1.20. The Balaban J connectivity index is 2.68. The van der Waals surface area contributed by atoms with Crippen molar-refractivity contribution in [2.45, 2.75) is 21.9 Å². The number of carbonyl (C=O) groups excluding carboxylic acids is 1. The van der Waals surface area contributed by atoms with Gasteiger partial charge >= 0.3 is 0 Å². The van der Waals surface area contributed by atoms with E-state index in [9.17, 15) is 26.2 Å². The van der Waals surface area contributed by atoms with Crippen LogP contribution >= 0.6 is 11.8 Å². The lowest BCUT2D eigenvalue weighted by molar-refractivity contribution is -0.114. The van der Waals surface area contributed by atoms with Crippen molar-refractivity contribution in [3.05, 3.63) is 18.2 Å². The lowest BCUT2D eigenvalue weighted by atomic mass is 10.3. The maximum atomic E-state index is 11.5. The minimum absolute atomic E-state index is 0.127. The molecule has 0 spiro atoms. The lowest BCUT2D eigenvalue weighted by Gasteiger charge is -2.09. The SMILES string of the molecule is CSc1nc(N)c(N=Nc2cc(S(=O)(=O)O)ccc2S(=O)(=O)O)c(NC(C)=O)n1. The van der Waals surface area contributed by atoms with Gasteiger partial charge < -0.3 is 11.1 Å². The molecule has 0 fully saturated rings. The Morgan fingerprint density at radius 3 is 2.31 bits per heavy atom. The molecule has 0 aliphatic heterocycles. The van der Waals surface area contributed by atoms with E-state index in [0.29, 0.717) is 6.07 Å². The first-order valence-electron chi connectivity index (χ1n) is 7.32. The Morgan fingerprint density at radius 1 is 1.14 bits per heavy atom. The molecular formula is C13H14N6O7S3. The van der Waals surface area contributed by atoms with Crippen LogP contribution in [0.15, 0.2) is 43.4 Å². The van der Waals surface area contributed by atoms with Crippen LogP contribution in [0.4, 0.5) is 23.0 Å². The molecule has 0 atom stereocenters. The topological polar surface area (TPSA) is 214 Å². The lowest BCUT2D eigenvalue weighted by Crippen LogP contribution is -2.10. The third kappa shape index (κ3) is 5.67. The van der Waals surface area contributed by atoms with Gasteiger partial charge in [0.05, 0.1) is 4.90 Å². The van der Waals surface area contributed by atoms with Gasteiger partial charge in [0.25, 0.3) is 20.2 Å². The van der Waals surface area contributed by atoms with E-state index in [-0.39, 0.29) is 22.5 Å². The van der Waals surface area contributed by atoms with E-state index in [0.717, 1.165) is 23.9 Å². The number of aromatic nitrogens is 2. The van der Waals surface area contributed by atoms with Gasteiger partial charge in [-0.05, 0) is 24.5 Å². The maximum absolute atomic E-state index is 11.5. The molecule has 0 bridgehead atoms. The fourth-order valence-electron chi connectivity index (χ4n) is 1.95. The fraction of sp³-hybridized carbons (Fsp3) is 0.154. The van der Waals surface area contributed by atoms with Crippen molar-refractivity contribution in [1.29, 1.82) is 0 Å². The minimum atomic E-state index is -4.82. The molecule has 2 rings (SSSR count). The van der Waals surface area contributed by atoms with Gasteiger partial charge in [-0.2, -0.15) is 16.8 Å². The van der Waals surface area contributed by atoms with Gasteiger partial charge in [-0.15, -0.1) is 10.2 Å². The average Bonchev–Trinajstić information content (AvgIpc) is 2.58. The first kappa shape index (κ1) is 22.6. The van der Waals surface area contributed by atoms with Crippen molar-refractivity contribution < 1.29 is 30.7 Å². The van der Waals surface area contributed by atoms with Gasteiger partial charge in [0.2, 0.25) is 5.91 Å². The van der Waals surface area contributed by atoms with Crippen molar-refractivity contribution in [2.75, 3.05) is 17.3 Å². The molecule has 29 heavy (non-hydrogen) atoms. The molecule has 0 saturated carbocycles. The van der Waals surface area contributed by atoms with E-state index in [2.05, 4.69) is 25.5 Å². The van der Waals surface area contributed by atoms with Gasteiger partial charge in [0.15, 0.2) is 22.5 Å². The maximum Gasteiger partial charge on any atom is 0.296 e. The second-order valence-corrected chi connectivity index (χ2v) is 8.84. The van der Waals surface area contributed by atoms with E-state index in [1.165, 1.54) is 6.92 Å². The molecule has 0 aliphatic rings. The summed E-state index contributed by atoms with van der Waals surface area (Å²) in [7, 11) is -9.51. The number of azo groups is 1. The Morgan fingerprint density at radius 2 is 1.79 bits per heavy atom. The predicted octanol–water partition coefficient (Wildman–Crippen LogP) is 1.65. The molecule has 1 amide bonds. The van der Waals surface area contributed by atoms with Crippen LogP contribution in [-0.4, -0.2) is 48.1 Å². The number of hydrogen-bond donors (Lipinski definition) is 4. The van der Waals surface area contributed by atoms with E-state index in [4.69, 9.17) is 10.3 Å². The molecule has 2 aromatic rings. The van der Waals surface area contributed by atoms with Gasteiger partial charge in [-0.25, -0.2) is 9.97 Å². The zero-order chi connectivity index (χ0) is 22.0. The fourth-order valence-corrected chi connectivity index (χ4v) is 3.43. The van der Waals surface area contributed by atoms with Gasteiger partial charge in [-0.3, -0.25) is 13.9 Å². The minimum Gasteiger partial charge on any atom is -0.382 e. The smallest absolute Gasteiger partial charge is 0.296 e. The number of hydrogen-bond acceptors (Lipinski definition) is 11. The van der Waals surface area contributed by atoms with Crippen LogP contribution in [0.2, 0.25) is 0 Å². The molecule has 156 valence electrons. The first-order valence-corrected chi connectivity index (χ1v) is 11.4. The number of benzene rings is 1. The van der Waals surface area contributed by atoms with Crippen molar-refractivity contribution in [3.63, 3.8) is 0 Å².